The topological polar surface area (TPSA) is 32.3 Å². The Morgan fingerprint density at radius 3 is 2.57 bits per heavy atom. The number of nitrogens with one attached hydrogen (secondary N) is 1. The summed E-state index contributed by atoms with van der Waals surface area (Å²) in [5.41, 5.74) is 0. The van der Waals surface area contributed by atoms with Crippen LogP contribution >= 0.6 is 35.0 Å². The van der Waals surface area contributed by atoms with Gasteiger partial charge in [0, 0.05) is 23.0 Å². The predicted molar refractivity (Wildman–Crippen MR) is 97.4 cm³/mol. The average Bonchev–Trinajstić information content (AvgIpc) is 2.89. The molecular weight excluding hydrogens is 351 g/mol. The lowest BCUT2D eigenvalue weighted by molar-refractivity contribution is -0.130. The molecule has 1 amide bonds. The van der Waals surface area contributed by atoms with E-state index in [1.54, 1.807) is 12.1 Å². The number of thioether (sulfide) groups is 1. The molecule has 0 aromatic heterocycles. The zero-order chi connectivity index (χ0) is 16.4. The van der Waals surface area contributed by atoms with Crippen molar-refractivity contribution in [2.75, 3.05) is 26.2 Å². The highest BCUT2D eigenvalue weighted by Gasteiger charge is 2.32. The summed E-state index contributed by atoms with van der Waals surface area (Å²) in [5, 5.41) is 4.61. The molecule has 1 aromatic rings. The van der Waals surface area contributed by atoms with Crippen molar-refractivity contribution < 1.29 is 4.79 Å². The van der Waals surface area contributed by atoms with E-state index in [4.69, 9.17) is 23.2 Å². The van der Waals surface area contributed by atoms with Crippen LogP contribution in [0.5, 0.6) is 0 Å². The van der Waals surface area contributed by atoms with Crippen LogP contribution in [0.3, 0.4) is 0 Å². The van der Waals surface area contributed by atoms with E-state index < -0.39 is 0 Å². The van der Waals surface area contributed by atoms with Gasteiger partial charge in [0.1, 0.15) is 0 Å². The number of hydrogen-bond acceptors (Lipinski definition) is 3. The van der Waals surface area contributed by atoms with Gasteiger partial charge in [0.25, 0.3) is 0 Å². The Labute approximate surface area is 152 Å². The van der Waals surface area contributed by atoms with Gasteiger partial charge < -0.3 is 10.2 Å². The zero-order valence-electron chi connectivity index (χ0n) is 13.2. The molecule has 0 radical (unpaired) electrons. The first kappa shape index (κ1) is 17.4. The van der Waals surface area contributed by atoms with Gasteiger partial charge >= 0.3 is 0 Å². The van der Waals surface area contributed by atoms with Crippen molar-refractivity contribution in [1.82, 2.24) is 10.2 Å². The Morgan fingerprint density at radius 1 is 1.26 bits per heavy atom. The van der Waals surface area contributed by atoms with Crippen molar-refractivity contribution in [2.24, 2.45) is 11.8 Å². The summed E-state index contributed by atoms with van der Waals surface area (Å²) in [5.74, 6) is 1.68. The second kappa shape index (κ2) is 7.64. The van der Waals surface area contributed by atoms with Crippen LogP contribution < -0.4 is 5.32 Å². The zero-order valence-corrected chi connectivity index (χ0v) is 15.6. The smallest absolute Gasteiger partial charge is 0.235 e. The van der Waals surface area contributed by atoms with Gasteiger partial charge in [-0.25, -0.2) is 0 Å². The van der Waals surface area contributed by atoms with Gasteiger partial charge in [0.15, 0.2) is 0 Å². The summed E-state index contributed by atoms with van der Waals surface area (Å²) in [6.45, 7) is 5.91. The first-order chi connectivity index (χ1) is 11.0. The van der Waals surface area contributed by atoms with Crippen molar-refractivity contribution in [3.8, 4) is 0 Å². The molecule has 2 saturated heterocycles. The SMILES string of the molecule is CC(Sc1cc(Cl)ccc1Cl)C(=O)N1CC[C@@H]2CNC[C@@H]2CC1. The number of nitrogens with zero attached hydrogens (tertiary/aromatic N) is 1. The first-order valence-corrected chi connectivity index (χ1v) is 9.79. The molecule has 0 spiro atoms. The van der Waals surface area contributed by atoms with Gasteiger partial charge in [0.2, 0.25) is 5.91 Å². The molecule has 2 aliphatic rings. The minimum Gasteiger partial charge on any atom is -0.342 e. The summed E-state index contributed by atoms with van der Waals surface area (Å²) in [6, 6.07) is 5.38. The highest BCUT2D eigenvalue weighted by atomic mass is 35.5. The van der Waals surface area contributed by atoms with Crippen LogP contribution in [0.2, 0.25) is 10.0 Å². The van der Waals surface area contributed by atoms with Gasteiger partial charge in [-0.05, 0) is 62.9 Å². The molecule has 1 N–H and O–H groups in total. The highest BCUT2D eigenvalue weighted by molar-refractivity contribution is 8.00. The minimum absolute atomic E-state index is 0.151. The number of rotatable bonds is 3. The van der Waals surface area contributed by atoms with E-state index in [0.717, 1.165) is 55.8 Å². The molecule has 0 aliphatic carbocycles. The van der Waals surface area contributed by atoms with E-state index in [-0.39, 0.29) is 11.2 Å². The summed E-state index contributed by atoms with van der Waals surface area (Å²) >= 11 is 13.7. The Bertz CT molecular complexity index is 570. The monoisotopic (exact) mass is 372 g/mol. The highest BCUT2D eigenvalue weighted by Crippen LogP contribution is 2.34. The number of amides is 1. The number of fused-ring (bicyclic) bond motifs is 1. The van der Waals surface area contributed by atoms with E-state index in [1.807, 2.05) is 17.9 Å². The second-order valence-electron chi connectivity index (χ2n) is 6.42. The van der Waals surface area contributed by atoms with Crippen LogP contribution in [0.1, 0.15) is 19.8 Å². The molecule has 6 heteroatoms. The standard InChI is InChI=1S/C17H22Cl2N2OS/c1-11(23-16-8-14(18)2-3-15(16)19)17(22)21-6-4-12-9-20-10-13(12)5-7-21/h2-3,8,11-13,20H,4-7,9-10H2,1H3/t11?,12-,13+. The van der Waals surface area contributed by atoms with Crippen molar-refractivity contribution in [1.29, 1.82) is 0 Å². The number of halogens is 2. The van der Waals surface area contributed by atoms with Gasteiger partial charge in [-0.3, -0.25) is 4.79 Å². The Morgan fingerprint density at radius 2 is 1.91 bits per heavy atom. The van der Waals surface area contributed by atoms with Crippen LogP contribution in [-0.2, 0) is 4.79 Å². The Balaban J connectivity index is 1.62. The van der Waals surface area contributed by atoms with Crippen LogP contribution in [-0.4, -0.2) is 42.2 Å². The van der Waals surface area contributed by atoms with Crippen LogP contribution in [0, 0.1) is 11.8 Å². The minimum atomic E-state index is -0.151. The van der Waals surface area contributed by atoms with Crippen molar-refractivity contribution in [3.63, 3.8) is 0 Å². The van der Waals surface area contributed by atoms with Gasteiger partial charge in [-0.2, -0.15) is 0 Å². The largest absolute Gasteiger partial charge is 0.342 e. The molecule has 3 atom stereocenters. The van der Waals surface area contributed by atoms with E-state index in [9.17, 15) is 4.79 Å². The normalized spacial score (nSPS) is 25.8. The Kier molecular flexibility index (Phi) is 5.78. The quantitative estimate of drug-likeness (QED) is 0.815. The fourth-order valence-electron chi connectivity index (χ4n) is 3.50. The number of carbonyl (C=O) groups is 1. The van der Waals surface area contributed by atoms with Crippen LogP contribution in [0.15, 0.2) is 23.1 Å². The second-order valence-corrected chi connectivity index (χ2v) is 8.64. The lowest BCUT2D eigenvalue weighted by atomic mass is 9.92. The third-order valence-corrected chi connectivity index (χ3v) is 6.70. The molecule has 2 fully saturated rings. The number of benzene rings is 1. The van der Waals surface area contributed by atoms with Crippen molar-refractivity contribution >= 4 is 40.9 Å². The van der Waals surface area contributed by atoms with Crippen LogP contribution in [0.25, 0.3) is 0 Å². The molecule has 1 unspecified atom stereocenters. The molecule has 2 aliphatic heterocycles. The number of hydrogen-bond donors (Lipinski definition) is 1. The summed E-state index contributed by atoms with van der Waals surface area (Å²) in [4.78, 5) is 15.7. The van der Waals surface area contributed by atoms with E-state index in [0.29, 0.717) is 10.0 Å². The molecule has 0 saturated carbocycles. The Hall–Kier alpha value is -0.420. The van der Waals surface area contributed by atoms with Crippen molar-refractivity contribution in [3.05, 3.63) is 28.2 Å². The molecule has 0 bridgehead atoms. The lowest BCUT2D eigenvalue weighted by Gasteiger charge is -2.24. The number of carbonyl (C=O) groups excluding carboxylic acids is 1. The van der Waals surface area contributed by atoms with Gasteiger partial charge in [0.05, 0.1) is 10.3 Å². The fourth-order valence-corrected chi connectivity index (χ4v) is 5.00. The number of likely N-dealkylation sites (tertiary alicyclic amines) is 1. The van der Waals surface area contributed by atoms with Crippen LogP contribution in [0.4, 0.5) is 0 Å². The van der Waals surface area contributed by atoms with Gasteiger partial charge in [-0.15, -0.1) is 11.8 Å². The van der Waals surface area contributed by atoms with E-state index in [1.165, 1.54) is 11.8 Å². The molecule has 126 valence electrons. The van der Waals surface area contributed by atoms with E-state index in [2.05, 4.69) is 5.32 Å². The summed E-state index contributed by atoms with van der Waals surface area (Å²) in [7, 11) is 0. The molecule has 23 heavy (non-hydrogen) atoms. The maximum absolute atomic E-state index is 12.8. The first-order valence-electron chi connectivity index (χ1n) is 8.16. The third kappa shape index (κ3) is 4.16. The maximum atomic E-state index is 12.8. The van der Waals surface area contributed by atoms with E-state index >= 15 is 0 Å². The third-order valence-electron chi connectivity index (χ3n) is 4.88. The fraction of sp³-hybridized carbons (Fsp3) is 0.588. The summed E-state index contributed by atoms with van der Waals surface area (Å²) < 4.78 is 0. The molecular formula is C17H22Cl2N2OS. The molecule has 2 heterocycles. The molecule has 3 nitrogen and oxygen atoms in total. The summed E-state index contributed by atoms with van der Waals surface area (Å²) in [6.07, 6.45) is 2.22. The van der Waals surface area contributed by atoms with Gasteiger partial charge in [-0.1, -0.05) is 23.2 Å². The lowest BCUT2D eigenvalue weighted by Crippen LogP contribution is -2.37. The molecule has 1 aromatic carbocycles. The predicted octanol–water partition coefficient (Wildman–Crippen LogP) is 3.93. The van der Waals surface area contributed by atoms with Crippen molar-refractivity contribution in [2.45, 2.75) is 29.9 Å². The average molecular weight is 373 g/mol. The maximum Gasteiger partial charge on any atom is 0.235 e. The molecule has 3 rings (SSSR count).